The van der Waals surface area contributed by atoms with E-state index in [0.717, 1.165) is 42.5 Å². The Hall–Kier alpha value is -2.84. The number of carbonyl (C=O) groups excluding carboxylic acids is 1. The minimum Gasteiger partial charge on any atom is -0.497 e. The number of methoxy groups -OCH3 is 2. The van der Waals surface area contributed by atoms with Crippen molar-refractivity contribution in [1.29, 1.82) is 0 Å². The number of rotatable bonds is 6. The van der Waals surface area contributed by atoms with E-state index in [4.69, 9.17) is 9.47 Å². The van der Waals surface area contributed by atoms with Crippen molar-refractivity contribution in [3.8, 4) is 11.5 Å². The van der Waals surface area contributed by atoms with Gasteiger partial charge in [0.25, 0.3) is 5.91 Å². The summed E-state index contributed by atoms with van der Waals surface area (Å²) in [6.45, 7) is 1.74. The van der Waals surface area contributed by atoms with E-state index in [1.165, 1.54) is 6.08 Å². The molecule has 4 rings (SSSR count). The van der Waals surface area contributed by atoms with Gasteiger partial charge >= 0.3 is 0 Å². The van der Waals surface area contributed by atoms with Crippen LogP contribution in [0.4, 0.5) is 5.69 Å². The molecule has 0 saturated carbocycles. The van der Waals surface area contributed by atoms with Crippen molar-refractivity contribution in [1.82, 2.24) is 4.31 Å². The number of hydrogen-bond acceptors (Lipinski definition) is 5. The molecule has 0 N–H and O–H groups in total. The molecule has 8 heteroatoms. The van der Waals surface area contributed by atoms with Crippen LogP contribution in [-0.4, -0.2) is 52.5 Å². The van der Waals surface area contributed by atoms with Gasteiger partial charge in [0.1, 0.15) is 11.5 Å². The van der Waals surface area contributed by atoms with E-state index >= 15 is 0 Å². The van der Waals surface area contributed by atoms with Crippen LogP contribution in [-0.2, 0) is 21.2 Å². The van der Waals surface area contributed by atoms with Gasteiger partial charge < -0.3 is 14.4 Å². The summed E-state index contributed by atoms with van der Waals surface area (Å²) in [6, 6.07) is 10.5. The van der Waals surface area contributed by atoms with Gasteiger partial charge in [0.15, 0.2) is 0 Å². The summed E-state index contributed by atoms with van der Waals surface area (Å²) in [5.74, 6) is 1.14. The summed E-state index contributed by atoms with van der Waals surface area (Å²) in [7, 11) is -0.318. The molecule has 170 valence electrons. The third kappa shape index (κ3) is 4.52. The van der Waals surface area contributed by atoms with Crippen LogP contribution in [0, 0.1) is 0 Å². The number of aryl methyl sites for hydroxylation is 1. The van der Waals surface area contributed by atoms with E-state index in [1.54, 1.807) is 53.8 Å². The lowest BCUT2D eigenvalue weighted by Crippen LogP contribution is -2.34. The fourth-order valence-corrected chi connectivity index (χ4v) is 5.79. The van der Waals surface area contributed by atoms with Crippen molar-refractivity contribution in [2.24, 2.45) is 0 Å². The highest BCUT2D eigenvalue weighted by atomic mass is 32.2. The van der Waals surface area contributed by atoms with Gasteiger partial charge in [-0.25, -0.2) is 8.42 Å². The van der Waals surface area contributed by atoms with Crippen LogP contribution in [0.1, 0.15) is 30.4 Å². The van der Waals surface area contributed by atoms with Crippen molar-refractivity contribution in [3.05, 3.63) is 53.6 Å². The predicted octanol–water partition coefficient (Wildman–Crippen LogP) is 3.48. The molecule has 0 aromatic heterocycles. The molecule has 0 aliphatic carbocycles. The van der Waals surface area contributed by atoms with Gasteiger partial charge in [-0.05, 0) is 73.2 Å². The number of carbonyl (C=O) groups is 1. The summed E-state index contributed by atoms with van der Waals surface area (Å²) in [5, 5.41) is 0. The van der Waals surface area contributed by atoms with E-state index in [0.29, 0.717) is 36.0 Å². The molecule has 7 nitrogen and oxygen atoms in total. The fraction of sp³-hybridized carbons (Fsp3) is 0.375. The molecule has 2 heterocycles. The Morgan fingerprint density at radius 1 is 0.938 bits per heavy atom. The second kappa shape index (κ2) is 9.34. The Bertz CT molecular complexity index is 1110. The maximum Gasteiger partial charge on any atom is 0.250 e. The molecule has 0 spiro atoms. The van der Waals surface area contributed by atoms with E-state index in [9.17, 15) is 13.2 Å². The molecule has 0 unspecified atom stereocenters. The lowest BCUT2D eigenvalue weighted by molar-refractivity contribution is -0.114. The van der Waals surface area contributed by atoms with Crippen molar-refractivity contribution in [2.75, 3.05) is 38.8 Å². The first-order chi connectivity index (χ1) is 15.4. The lowest BCUT2D eigenvalue weighted by atomic mass is 10.0. The molecule has 1 amide bonds. The zero-order chi connectivity index (χ0) is 22.7. The zero-order valence-electron chi connectivity index (χ0n) is 18.4. The topological polar surface area (TPSA) is 76.2 Å². The molecule has 32 heavy (non-hydrogen) atoms. The largest absolute Gasteiger partial charge is 0.497 e. The Morgan fingerprint density at radius 3 is 2.28 bits per heavy atom. The molecular formula is C24H28N2O5S. The van der Waals surface area contributed by atoms with Crippen molar-refractivity contribution in [3.63, 3.8) is 0 Å². The fourth-order valence-electron chi connectivity index (χ4n) is 4.22. The lowest BCUT2D eigenvalue weighted by Gasteiger charge is -2.29. The number of anilines is 1. The van der Waals surface area contributed by atoms with E-state index in [-0.39, 0.29) is 5.91 Å². The van der Waals surface area contributed by atoms with E-state index in [2.05, 4.69) is 0 Å². The number of fused-ring (bicyclic) bond motifs is 1. The molecule has 0 bridgehead atoms. The van der Waals surface area contributed by atoms with Crippen LogP contribution in [0.15, 0.2) is 47.4 Å². The Balaban J connectivity index is 1.56. The highest BCUT2D eigenvalue weighted by Crippen LogP contribution is 2.32. The van der Waals surface area contributed by atoms with Gasteiger partial charge in [0.2, 0.25) is 10.0 Å². The van der Waals surface area contributed by atoms with Gasteiger partial charge in [0, 0.05) is 37.5 Å². The van der Waals surface area contributed by atoms with Crippen LogP contribution < -0.4 is 14.4 Å². The quantitative estimate of drug-likeness (QED) is 0.622. The first-order valence-electron chi connectivity index (χ1n) is 10.8. The average Bonchev–Trinajstić information content (AvgIpc) is 3.37. The summed E-state index contributed by atoms with van der Waals surface area (Å²) in [5.41, 5.74) is 2.45. The number of sulfonamides is 1. The SMILES string of the molecule is COc1cc(C=CC(=O)N2CCCc3cc(S(=O)(=O)N4CCCC4)ccc32)cc(OC)c1. The van der Waals surface area contributed by atoms with Gasteiger partial charge in [-0.2, -0.15) is 4.31 Å². The number of amides is 1. The Labute approximate surface area is 189 Å². The molecule has 2 aliphatic heterocycles. The molecule has 0 radical (unpaired) electrons. The van der Waals surface area contributed by atoms with Crippen LogP contribution in [0.2, 0.25) is 0 Å². The van der Waals surface area contributed by atoms with Crippen LogP contribution in [0.25, 0.3) is 6.08 Å². The molecule has 1 fully saturated rings. The van der Waals surface area contributed by atoms with Gasteiger partial charge in [-0.15, -0.1) is 0 Å². The van der Waals surface area contributed by atoms with Crippen molar-refractivity contribution in [2.45, 2.75) is 30.6 Å². The minimum atomic E-state index is -3.48. The van der Waals surface area contributed by atoms with E-state index in [1.807, 2.05) is 12.1 Å². The third-order valence-corrected chi connectivity index (χ3v) is 7.83. The van der Waals surface area contributed by atoms with Crippen LogP contribution in [0.5, 0.6) is 11.5 Å². The molecule has 1 saturated heterocycles. The van der Waals surface area contributed by atoms with Crippen LogP contribution in [0.3, 0.4) is 0 Å². The second-order valence-electron chi connectivity index (χ2n) is 7.97. The van der Waals surface area contributed by atoms with Crippen molar-refractivity contribution >= 4 is 27.7 Å². The summed E-state index contributed by atoms with van der Waals surface area (Å²) in [4.78, 5) is 15.0. The van der Waals surface area contributed by atoms with Gasteiger partial charge in [-0.3, -0.25) is 4.79 Å². The second-order valence-corrected chi connectivity index (χ2v) is 9.91. The number of ether oxygens (including phenoxy) is 2. The van der Waals surface area contributed by atoms with Crippen molar-refractivity contribution < 1.29 is 22.7 Å². The first kappa shape index (κ1) is 22.4. The molecule has 2 aliphatic rings. The highest BCUT2D eigenvalue weighted by molar-refractivity contribution is 7.89. The minimum absolute atomic E-state index is 0.150. The number of hydrogen-bond donors (Lipinski definition) is 0. The summed E-state index contributed by atoms with van der Waals surface area (Å²) < 4.78 is 37.9. The van der Waals surface area contributed by atoms with Gasteiger partial charge in [-0.1, -0.05) is 0 Å². The highest BCUT2D eigenvalue weighted by Gasteiger charge is 2.29. The molecule has 0 atom stereocenters. The molecule has 2 aromatic rings. The molecular weight excluding hydrogens is 428 g/mol. The normalized spacial score (nSPS) is 16.9. The van der Waals surface area contributed by atoms with Gasteiger partial charge in [0.05, 0.1) is 19.1 Å². The first-order valence-corrected chi connectivity index (χ1v) is 12.2. The maximum absolute atomic E-state index is 13.0. The maximum atomic E-state index is 13.0. The number of nitrogens with zero attached hydrogens (tertiary/aromatic N) is 2. The third-order valence-electron chi connectivity index (χ3n) is 5.93. The Kier molecular flexibility index (Phi) is 6.53. The zero-order valence-corrected chi connectivity index (χ0v) is 19.2. The summed E-state index contributed by atoms with van der Waals surface area (Å²) >= 11 is 0. The Morgan fingerprint density at radius 2 is 1.62 bits per heavy atom. The van der Waals surface area contributed by atoms with Crippen LogP contribution >= 0.6 is 0 Å². The smallest absolute Gasteiger partial charge is 0.250 e. The summed E-state index contributed by atoms with van der Waals surface area (Å²) in [6.07, 6.45) is 6.59. The molecule has 2 aromatic carbocycles. The predicted molar refractivity (Wildman–Crippen MR) is 124 cm³/mol. The monoisotopic (exact) mass is 456 g/mol. The van der Waals surface area contributed by atoms with E-state index < -0.39 is 10.0 Å². The standard InChI is InChI=1S/C24H28N2O5S/c1-30-20-14-18(15-21(17-20)31-2)7-10-24(27)26-13-5-6-19-16-22(8-9-23(19)26)32(28,29)25-11-3-4-12-25/h7-10,14-17H,3-6,11-13H2,1-2H3. The average molecular weight is 457 g/mol. The number of benzene rings is 2.